The molecule has 0 aromatic rings. The van der Waals surface area contributed by atoms with Crippen molar-refractivity contribution in [3.63, 3.8) is 0 Å². The predicted molar refractivity (Wildman–Crippen MR) is 51.6 cm³/mol. The van der Waals surface area contributed by atoms with Gasteiger partial charge in [0.1, 0.15) is 0 Å². The molecule has 0 saturated carbocycles. The van der Waals surface area contributed by atoms with Gasteiger partial charge in [-0.25, -0.2) is 0 Å². The van der Waals surface area contributed by atoms with Crippen molar-refractivity contribution in [2.45, 2.75) is 52.1 Å². The maximum atomic E-state index is 10.7. The van der Waals surface area contributed by atoms with E-state index in [1.54, 1.807) is 13.8 Å². The zero-order valence-electron chi connectivity index (χ0n) is 8.71. The van der Waals surface area contributed by atoms with Crippen LogP contribution in [0.5, 0.6) is 0 Å². The normalized spacial score (nSPS) is 14.2. The maximum Gasteiger partial charge on any atom is 0.306 e. The summed E-state index contributed by atoms with van der Waals surface area (Å²) in [4.78, 5) is 10.7. The monoisotopic (exact) mass is 188 g/mol. The molecule has 13 heavy (non-hydrogen) atoms. The number of carboxylic acid groups (broad SMARTS) is 1. The highest BCUT2D eigenvalue weighted by Crippen LogP contribution is 2.19. The zero-order chi connectivity index (χ0) is 10.5. The minimum Gasteiger partial charge on any atom is -0.481 e. The second-order valence-electron chi connectivity index (χ2n) is 4.17. The van der Waals surface area contributed by atoms with Crippen molar-refractivity contribution in [2.24, 2.45) is 5.92 Å². The van der Waals surface area contributed by atoms with Crippen LogP contribution in [0.15, 0.2) is 0 Å². The summed E-state index contributed by atoms with van der Waals surface area (Å²) >= 11 is 0. The fourth-order valence-corrected chi connectivity index (χ4v) is 1.27. The molecule has 0 rings (SSSR count). The summed E-state index contributed by atoms with van der Waals surface area (Å²) in [6.07, 6.45) is 2.69. The Balaban J connectivity index is 3.90. The van der Waals surface area contributed by atoms with Gasteiger partial charge in [-0.05, 0) is 33.1 Å². The van der Waals surface area contributed by atoms with Gasteiger partial charge in [0.2, 0.25) is 0 Å². The van der Waals surface area contributed by atoms with Crippen LogP contribution >= 0.6 is 0 Å². The Morgan fingerprint density at radius 2 is 1.92 bits per heavy atom. The van der Waals surface area contributed by atoms with Gasteiger partial charge in [0.25, 0.3) is 0 Å². The van der Waals surface area contributed by atoms with Crippen molar-refractivity contribution in [2.75, 3.05) is 0 Å². The highest BCUT2D eigenvalue weighted by atomic mass is 16.4. The van der Waals surface area contributed by atoms with Crippen molar-refractivity contribution < 1.29 is 15.0 Å². The molecular formula is C10H20O3. The van der Waals surface area contributed by atoms with Gasteiger partial charge in [-0.2, -0.15) is 0 Å². The summed E-state index contributed by atoms with van der Waals surface area (Å²) < 4.78 is 0. The molecule has 1 unspecified atom stereocenters. The third kappa shape index (κ3) is 6.58. The molecule has 3 nitrogen and oxygen atoms in total. The largest absolute Gasteiger partial charge is 0.481 e. The van der Waals surface area contributed by atoms with E-state index in [4.69, 9.17) is 5.11 Å². The van der Waals surface area contributed by atoms with Crippen LogP contribution in [-0.2, 0) is 4.79 Å². The van der Waals surface area contributed by atoms with E-state index >= 15 is 0 Å². The first-order valence-corrected chi connectivity index (χ1v) is 4.82. The average Bonchev–Trinajstić information content (AvgIpc) is 1.95. The molecule has 0 aliphatic carbocycles. The Hall–Kier alpha value is -0.570. The van der Waals surface area contributed by atoms with Crippen molar-refractivity contribution in [3.8, 4) is 0 Å². The van der Waals surface area contributed by atoms with E-state index in [-0.39, 0.29) is 5.92 Å². The molecule has 0 heterocycles. The Morgan fingerprint density at radius 1 is 1.38 bits per heavy atom. The van der Waals surface area contributed by atoms with Gasteiger partial charge in [0.05, 0.1) is 11.5 Å². The topological polar surface area (TPSA) is 57.5 Å². The summed E-state index contributed by atoms with van der Waals surface area (Å²) in [6, 6.07) is 0. The lowest BCUT2D eigenvalue weighted by Gasteiger charge is -2.19. The van der Waals surface area contributed by atoms with E-state index in [9.17, 15) is 9.90 Å². The SMILES string of the molecule is CCCC(CCC(C)(C)O)C(=O)O. The summed E-state index contributed by atoms with van der Waals surface area (Å²) in [6.45, 7) is 5.38. The second kappa shape index (κ2) is 5.22. The summed E-state index contributed by atoms with van der Waals surface area (Å²) in [5, 5.41) is 18.2. The van der Waals surface area contributed by atoms with Crippen molar-refractivity contribution in [1.29, 1.82) is 0 Å². The van der Waals surface area contributed by atoms with Gasteiger partial charge in [-0.15, -0.1) is 0 Å². The minimum atomic E-state index is -0.749. The van der Waals surface area contributed by atoms with Crippen molar-refractivity contribution in [1.82, 2.24) is 0 Å². The molecule has 0 spiro atoms. The molecule has 0 aliphatic rings. The molecule has 78 valence electrons. The highest BCUT2D eigenvalue weighted by Gasteiger charge is 2.20. The van der Waals surface area contributed by atoms with Gasteiger partial charge < -0.3 is 10.2 Å². The van der Waals surface area contributed by atoms with E-state index in [0.717, 1.165) is 6.42 Å². The van der Waals surface area contributed by atoms with E-state index in [0.29, 0.717) is 19.3 Å². The third-order valence-electron chi connectivity index (χ3n) is 2.09. The molecule has 0 aromatic heterocycles. The number of aliphatic hydroxyl groups is 1. The third-order valence-corrected chi connectivity index (χ3v) is 2.09. The van der Waals surface area contributed by atoms with Gasteiger partial charge in [0, 0.05) is 0 Å². The molecule has 0 radical (unpaired) electrons. The molecular weight excluding hydrogens is 168 g/mol. The Bertz CT molecular complexity index is 158. The lowest BCUT2D eigenvalue weighted by atomic mass is 9.92. The molecule has 0 aromatic carbocycles. The first-order chi connectivity index (χ1) is 5.87. The van der Waals surface area contributed by atoms with E-state index in [2.05, 4.69) is 0 Å². The minimum absolute atomic E-state index is 0.295. The molecule has 0 saturated heterocycles. The lowest BCUT2D eigenvalue weighted by Crippen LogP contribution is -2.22. The summed E-state index contributed by atoms with van der Waals surface area (Å²) in [7, 11) is 0. The quantitative estimate of drug-likeness (QED) is 0.670. The lowest BCUT2D eigenvalue weighted by molar-refractivity contribution is -0.142. The van der Waals surface area contributed by atoms with E-state index in [1.165, 1.54) is 0 Å². The van der Waals surface area contributed by atoms with Gasteiger partial charge in [-0.3, -0.25) is 4.79 Å². The molecule has 1 atom stereocenters. The first kappa shape index (κ1) is 12.4. The van der Waals surface area contributed by atoms with Gasteiger partial charge in [-0.1, -0.05) is 13.3 Å². The van der Waals surface area contributed by atoms with Crippen LogP contribution in [0.1, 0.15) is 46.5 Å². The van der Waals surface area contributed by atoms with Crippen LogP contribution in [0.4, 0.5) is 0 Å². The number of carbonyl (C=O) groups is 1. The number of aliphatic carboxylic acids is 1. The van der Waals surface area contributed by atoms with Gasteiger partial charge in [0.15, 0.2) is 0 Å². The van der Waals surface area contributed by atoms with Crippen LogP contribution in [0.3, 0.4) is 0 Å². The number of rotatable bonds is 6. The number of hydrogen-bond donors (Lipinski definition) is 2. The van der Waals surface area contributed by atoms with Crippen LogP contribution in [0, 0.1) is 5.92 Å². The van der Waals surface area contributed by atoms with Crippen LogP contribution in [-0.4, -0.2) is 21.8 Å². The second-order valence-corrected chi connectivity index (χ2v) is 4.17. The molecule has 0 amide bonds. The van der Waals surface area contributed by atoms with Crippen LogP contribution < -0.4 is 0 Å². The number of carboxylic acids is 1. The fraction of sp³-hybridized carbons (Fsp3) is 0.900. The van der Waals surface area contributed by atoms with E-state index < -0.39 is 11.6 Å². The van der Waals surface area contributed by atoms with Crippen molar-refractivity contribution >= 4 is 5.97 Å². The fourth-order valence-electron chi connectivity index (χ4n) is 1.27. The number of hydrogen-bond acceptors (Lipinski definition) is 2. The summed E-state index contributed by atoms with van der Waals surface area (Å²) in [5.41, 5.74) is -0.749. The molecule has 0 aliphatic heterocycles. The van der Waals surface area contributed by atoms with Crippen LogP contribution in [0.25, 0.3) is 0 Å². The molecule has 2 N–H and O–H groups in total. The Labute approximate surface area is 79.8 Å². The van der Waals surface area contributed by atoms with Crippen molar-refractivity contribution in [3.05, 3.63) is 0 Å². The standard InChI is InChI=1S/C10H20O3/c1-4-5-8(9(11)12)6-7-10(2,3)13/h8,13H,4-7H2,1-3H3,(H,11,12). The molecule has 0 fully saturated rings. The highest BCUT2D eigenvalue weighted by molar-refractivity contribution is 5.69. The van der Waals surface area contributed by atoms with Gasteiger partial charge >= 0.3 is 5.97 Å². The average molecular weight is 188 g/mol. The first-order valence-electron chi connectivity index (χ1n) is 4.82. The zero-order valence-corrected chi connectivity index (χ0v) is 8.71. The predicted octanol–water partition coefficient (Wildman–Crippen LogP) is 2.04. The Morgan fingerprint density at radius 3 is 2.23 bits per heavy atom. The maximum absolute atomic E-state index is 10.7. The van der Waals surface area contributed by atoms with E-state index in [1.807, 2.05) is 6.92 Å². The summed E-state index contributed by atoms with van der Waals surface area (Å²) in [5.74, 6) is -1.04. The smallest absolute Gasteiger partial charge is 0.306 e. The Kier molecular flexibility index (Phi) is 4.99. The molecule has 0 bridgehead atoms. The molecule has 3 heteroatoms. The van der Waals surface area contributed by atoms with Crippen LogP contribution in [0.2, 0.25) is 0 Å².